The molecule has 6 nitrogen and oxygen atoms in total. The Bertz CT molecular complexity index is 967. The highest BCUT2D eigenvalue weighted by Crippen LogP contribution is 2.19. The summed E-state index contributed by atoms with van der Waals surface area (Å²) in [5.74, 6) is 0.292. The molecule has 0 bridgehead atoms. The molecule has 1 aromatic carbocycles. The molecule has 0 aliphatic rings. The predicted molar refractivity (Wildman–Crippen MR) is 94.7 cm³/mol. The highest BCUT2D eigenvalue weighted by Gasteiger charge is 2.24. The number of hydrogen-bond acceptors (Lipinski definition) is 4. The number of aromatic nitrogens is 2. The van der Waals surface area contributed by atoms with E-state index < -0.39 is 10.0 Å². The van der Waals surface area contributed by atoms with Crippen molar-refractivity contribution < 1.29 is 12.9 Å². The number of aryl methyl sites for hydroxylation is 3. The van der Waals surface area contributed by atoms with Gasteiger partial charge in [0.2, 0.25) is 10.0 Å². The van der Waals surface area contributed by atoms with Crippen molar-refractivity contribution in [3.05, 3.63) is 70.9 Å². The van der Waals surface area contributed by atoms with Crippen molar-refractivity contribution in [2.45, 2.75) is 38.8 Å². The van der Waals surface area contributed by atoms with Crippen LogP contribution >= 0.6 is 0 Å². The molecule has 3 aromatic rings. The number of nitrogens with one attached hydrogen (secondary N) is 1. The van der Waals surface area contributed by atoms with Gasteiger partial charge in [-0.2, -0.15) is 0 Å². The Labute approximate surface area is 147 Å². The SMILES string of the molecule is Cc1ccccc1Cn1cccc1CNS(=O)(=O)c1c(C)noc1C. The predicted octanol–water partition coefficient (Wildman–Crippen LogP) is 2.93. The molecule has 0 radical (unpaired) electrons. The Morgan fingerprint density at radius 3 is 2.56 bits per heavy atom. The Balaban J connectivity index is 1.77. The van der Waals surface area contributed by atoms with E-state index in [9.17, 15) is 8.42 Å². The van der Waals surface area contributed by atoms with Gasteiger partial charge in [-0.05, 0) is 44.0 Å². The molecule has 0 aliphatic carbocycles. The third-order valence-corrected chi connectivity index (χ3v) is 5.85. The van der Waals surface area contributed by atoms with Crippen molar-refractivity contribution in [3.63, 3.8) is 0 Å². The second-order valence-electron chi connectivity index (χ2n) is 6.03. The maximum Gasteiger partial charge on any atom is 0.246 e. The molecular weight excluding hydrogens is 338 g/mol. The molecule has 0 atom stereocenters. The number of rotatable bonds is 6. The first-order chi connectivity index (χ1) is 11.9. The van der Waals surface area contributed by atoms with Gasteiger partial charge in [0.25, 0.3) is 0 Å². The maximum atomic E-state index is 12.5. The van der Waals surface area contributed by atoms with E-state index in [4.69, 9.17) is 4.52 Å². The lowest BCUT2D eigenvalue weighted by atomic mass is 10.1. The molecule has 0 saturated carbocycles. The first kappa shape index (κ1) is 17.4. The topological polar surface area (TPSA) is 77.1 Å². The first-order valence-corrected chi connectivity index (χ1v) is 9.48. The number of nitrogens with zero attached hydrogens (tertiary/aromatic N) is 2. The van der Waals surface area contributed by atoms with E-state index in [0.29, 0.717) is 18.0 Å². The van der Waals surface area contributed by atoms with Gasteiger partial charge in [-0.3, -0.25) is 0 Å². The van der Waals surface area contributed by atoms with Gasteiger partial charge in [-0.15, -0.1) is 0 Å². The van der Waals surface area contributed by atoms with Gasteiger partial charge < -0.3 is 9.09 Å². The van der Waals surface area contributed by atoms with Crippen molar-refractivity contribution in [2.24, 2.45) is 0 Å². The lowest BCUT2D eigenvalue weighted by molar-refractivity contribution is 0.390. The molecule has 2 aromatic heterocycles. The minimum atomic E-state index is -3.67. The van der Waals surface area contributed by atoms with E-state index in [-0.39, 0.29) is 11.4 Å². The molecule has 0 fully saturated rings. The molecule has 132 valence electrons. The normalized spacial score (nSPS) is 11.8. The van der Waals surface area contributed by atoms with Crippen LogP contribution in [-0.4, -0.2) is 18.1 Å². The summed E-state index contributed by atoms with van der Waals surface area (Å²) in [6.45, 7) is 6.17. The van der Waals surface area contributed by atoms with E-state index in [1.807, 2.05) is 35.0 Å². The highest BCUT2D eigenvalue weighted by atomic mass is 32.2. The summed E-state index contributed by atoms with van der Waals surface area (Å²) in [5, 5.41) is 3.71. The third kappa shape index (κ3) is 3.67. The Hall–Kier alpha value is -2.38. The lowest BCUT2D eigenvalue weighted by Gasteiger charge is -2.12. The molecule has 0 saturated heterocycles. The number of sulfonamides is 1. The van der Waals surface area contributed by atoms with Gasteiger partial charge in [0.05, 0.1) is 6.54 Å². The van der Waals surface area contributed by atoms with E-state index >= 15 is 0 Å². The van der Waals surface area contributed by atoms with Crippen LogP contribution in [0.2, 0.25) is 0 Å². The van der Waals surface area contributed by atoms with E-state index in [1.165, 1.54) is 11.1 Å². The van der Waals surface area contributed by atoms with Gasteiger partial charge in [0.1, 0.15) is 10.6 Å². The lowest BCUT2D eigenvalue weighted by Crippen LogP contribution is -2.25. The van der Waals surface area contributed by atoms with Crippen LogP contribution in [0.25, 0.3) is 0 Å². The van der Waals surface area contributed by atoms with Crippen LogP contribution in [0, 0.1) is 20.8 Å². The van der Waals surface area contributed by atoms with Crippen LogP contribution in [0.5, 0.6) is 0 Å². The van der Waals surface area contributed by atoms with E-state index in [1.54, 1.807) is 13.8 Å². The Kier molecular flexibility index (Phi) is 4.78. The summed E-state index contributed by atoms with van der Waals surface area (Å²) < 4.78 is 34.7. The molecule has 25 heavy (non-hydrogen) atoms. The second-order valence-corrected chi connectivity index (χ2v) is 7.74. The van der Waals surface area contributed by atoms with Crippen LogP contribution in [0.15, 0.2) is 52.0 Å². The fourth-order valence-electron chi connectivity index (χ4n) is 2.83. The minimum Gasteiger partial charge on any atom is -0.360 e. The zero-order chi connectivity index (χ0) is 18.0. The summed E-state index contributed by atoms with van der Waals surface area (Å²) in [7, 11) is -3.67. The Morgan fingerprint density at radius 2 is 1.88 bits per heavy atom. The largest absolute Gasteiger partial charge is 0.360 e. The highest BCUT2D eigenvalue weighted by molar-refractivity contribution is 7.89. The van der Waals surface area contributed by atoms with Crippen LogP contribution in [0.3, 0.4) is 0 Å². The number of hydrogen-bond donors (Lipinski definition) is 1. The van der Waals surface area contributed by atoms with Crippen LogP contribution < -0.4 is 4.72 Å². The molecule has 0 amide bonds. The quantitative estimate of drug-likeness (QED) is 0.734. The molecule has 2 heterocycles. The van der Waals surface area contributed by atoms with Crippen LogP contribution in [-0.2, 0) is 23.1 Å². The first-order valence-electron chi connectivity index (χ1n) is 7.99. The minimum absolute atomic E-state index is 0.115. The molecule has 1 N–H and O–H groups in total. The van der Waals surface area contributed by atoms with Gasteiger partial charge in [0.15, 0.2) is 5.76 Å². The molecule has 7 heteroatoms. The monoisotopic (exact) mass is 359 g/mol. The van der Waals surface area contributed by atoms with Gasteiger partial charge >= 0.3 is 0 Å². The van der Waals surface area contributed by atoms with Gasteiger partial charge in [0, 0.05) is 18.4 Å². The van der Waals surface area contributed by atoms with E-state index in [0.717, 1.165) is 5.69 Å². The molecule has 0 unspecified atom stereocenters. The molecular formula is C18H21N3O3S. The van der Waals surface area contributed by atoms with Crippen molar-refractivity contribution in [3.8, 4) is 0 Å². The van der Waals surface area contributed by atoms with Crippen molar-refractivity contribution >= 4 is 10.0 Å². The zero-order valence-corrected chi connectivity index (χ0v) is 15.3. The average molecular weight is 359 g/mol. The zero-order valence-electron chi connectivity index (χ0n) is 14.5. The molecule has 3 rings (SSSR count). The third-order valence-electron chi connectivity index (χ3n) is 4.21. The summed E-state index contributed by atoms with van der Waals surface area (Å²) in [6, 6.07) is 12.0. The van der Waals surface area contributed by atoms with Gasteiger partial charge in [-0.1, -0.05) is 29.4 Å². The van der Waals surface area contributed by atoms with Crippen LogP contribution in [0.1, 0.15) is 28.3 Å². The number of benzene rings is 1. The standard InChI is InChI=1S/C18H21N3O3S/c1-13-7-4-5-8-16(13)12-21-10-6-9-17(21)11-19-25(22,23)18-14(2)20-24-15(18)3/h4-10,19H,11-12H2,1-3H3. The Morgan fingerprint density at radius 1 is 1.12 bits per heavy atom. The smallest absolute Gasteiger partial charge is 0.246 e. The van der Waals surface area contributed by atoms with Crippen molar-refractivity contribution in [2.75, 3.05) is 0 Å². The summed E-state index contributed by atoms with van der Waals surface area (Å²) in [6.07, 6.45) is 1.95. The maximum absolute atomic E-state index is 12.5. The summed E-state index contributed by atoms with van der Waals surface area (Å²) in [5.41, 5.74) is 3.66. The fourth-order valence-corrected chi connectivity index (χ4v) is 4.16. The van der Waals surface area contributed by atoms with E-state index in [2.05, 4.69) is 28.9 Å². The summed E-state index contributed by atoms with van der Waals surface area (Å²) >= 11 is 0. The fraction of sp³-hybridized carbons (Fsp3) is 0.278. The molecule has 0 aliphatic heterocycles. The second kappa shape index (κ2) is 6.85. The van der Waals surface area contributed by atoms with Crippen molar-refractivity contribution in [1.29, 1.82) is 0 Å². The van der Waals surface area contributed by atoms with Crippen LogP contribution in [0.4, 0.5) is 0 Å². The van der Waals surface area contributed by atoms with Gasteiger partial charge in [-0.25, -0.2) is 13.1 Å². The summed E-state index contributed by atoms with van der Waals surface area (Å²) in [4.78, 5) is 0.115. The molecule has 0 spiro atoms. The average Bonchev–Trinajstić information content (AvgIpc) is 3.14. The van der Waals surface area contributed by atoms with Crippen molar-refractivity contribution in [1.82, 2.24) is 14.4 Å².